The second-order valence-corrected chi connectivity index (χ2v) is 7.09. The number of carbonyl (C=O) groups excluding carboxylic acids is 1. The number of fused-ring (bicyclic) bond motifs is 1. The first-order valence-electron chi connectivity index (χ1n) is 8.77. The molecule has 0 unspecified atom stereocenters. The molecule has 1 saturated carbocycles. The predicted octanol–water partition coefficient (Wildman–Crippen LogP) is 2.07. The molecule has 3 aliphatic rings. The Morgan fingerprint density at radius 3 is 2.91 bits per heavy atom. The molecule has 4 rings (SSSR count). The molecule has 5 nitrogen and oxygen atoms in total. The van der Waals surface area contributed by atoms with Gasteiger partial charge in [0.2, 0.25) is 11.8 Å². The fourth-order valence-corrected chi connectivity index (χ4v) is 4.20. The number of amides is 1. The Bertz CT molecular complexity index is 587. The van der Waals surface area contributed by atoms with Crippen LogP contribution in [0.1, 0.15) is 37.7 Å². The lowest BCUT2D eigenvalue weighted by molar-refractivity contribution is -0.138. The number of pyridine rings is 1. The zero-order valence-corrected chi connectivity index (χ0v) is 13.8. The van der Waals surface area contributed by atoms with Crippen LogP contribution in [0.3, 0.4) is 0 Å². The van der Waals surface area contributed by atoms with Crippen LogP contribution in [-0.2, 0) is 11.3 Å². The third-order valence-corrected chi connectivity index (χ3v) is 5.57. The van der Waals surface area contributed by atoms with Crippen LogP contribution in [0.5, 0.6) is 5.88 Å². The van der Waals surface area contributed by atoms with Crippen LogP contribution in [-0.4, -0.2) is 53.0 Å². The highest BCUT2D eigenvalue weighted by atomic mass is 16.5. The van der Waals surface area contributed by atoms with E-state index in [1.807, 2.05) is 6.07 Å². The maximum atomic E-state index is 12.3. The molecule has 0 bridgehead atoms. The van der Waals surface area contributed by atoms with E-state index in [-0.39, 0.29) is 0 Å². The zero-order chi connectivity index (χ0) is 15.8. The first-order chi connectivity index (χ1) is 11.3. The molecule has 0 radical (unpaired) electrons. The van der Waals surface area contributed by atoms with Gasteiger partial charge in [-0.1, -0.05) is 6.07 Å². The number of nitrogens with zero attached hydrogens (tertiary/aromatic N) is 3. The lowest BCUT2D eigenvalue weighted by atomic mass is 9.95. The molecule has 23 heavy (non-hydrogen) atoms. The third-order valence-electron chi connectivity index (χ3n) is 5.57. The molecule has 0 spiro atoms. The number of aromatic nitrogens is 1. The van der Waals surface area contributed by atoms with E-state index < -0.39 is 0 Å². The molecule has 0 N–H and O–H groups in total. The number of hydrogen-bond acceptors (Lipinski definition) is 4. The first kappa shape index (κ1) is 14.9. The Hall–Kier alpha value is -1.62. The molecule has 2 saturated heterocycles. The highest BCUT2D eigenvalue weighted by molar-refractivity contribution is 5.77. The molecular weight excluding hydrogens is 290 g/mol. The van der Waals surface area contributed by atoms with Crippen LogP contribution in [0.25, 0.3) is 0 Å². The Morgan fingerprint density at radius 2 is 2.13 bits per heavy atom. The summed E-state index contributed by atoms with van der Waals surface area (Å²) in [5.74, 6) is 1.86. The minimum absolute atomic E-state index is 0.374. The van der Waals surface area contributed by atoms with Gasteiger partial charge >= 0.3 is 0 Å². The van der Waals surface area contributed by atoms with Gasteiger partial charge in [0.25, 0.3) is 0 Å². The average molecular weight is 315 g/mol. The normalized spacial score (nSPS) is 28.0. The minimum atomic E-state index is 0.374. The van der Waals surface area contributed by atoms with E-state index in [1.165, 1.54) is 12.8 Å². The zero-order valence-electron chi connectivity index (χ0n) is 13.8. The van der Waals surface area contributed by atoms with Crippen molar-refractivity contribution >= 4 is 5.91 Å². The van der Waals surface area contributed by atoms with Crippen LogP contribution in [0.15, 0.2) is 18.3 Å². The summed E-state index contributed by atoms with van der Waals surface area (Å²) in [6.45, 7) is 2.91. The summed E-state index contributed by atoms with van der Waals surface area (Å²) in [7, 11) is 1.68. The van der Waals surface area contributed by atoms with Crippen LogP contribution < -0.4 is 4.74 Å². The van der Waals surface area contributed by atoms with Crippen molar-refractivity contribution in [2.45, 2.75) is 50.7 Å². The monoisotopic (exact) mass is 315 g/mol. The van der Waals surface area contributed by atoms with Gasteiger partial charge in [0.15, 0.2) is 0 Å². The molecule has 1 aliphatic carbocycles. The van der Waals surface area contributed by atoms with Crippen LogP contribution in [0, 0.1) is 5.92 Å². The highest BCUT2D eigenvalue weighted by Gasteiger charge is 2.44. The number of hydrogen-bond donors (Lipinski definition) is 0. The fourth-order valence-electron chi connectivity index (χ4n) is 4.20. The molecule has 0 aromatic carbocycles. The summed E-state index contributed by atoms with van der Waals surface area (Å²) < 4.78 is 5.39. The molecular formula is C18H25N3O2. The summed E-state index contributed by atoms with van der Waals surface area (Å²) in [5.41, 5.74) is 1.14. The van der Waals surface area contributed by atoms with Gasteiger partial charge in [-0.05, 0) is 37.7 Å². The highest BCUT2D eigenvalue weighted by Crippen LogP contribution is 2.37. The molecule has 5 heteroatoms. The van der Waals surface area contributed by atoms with Gasteiger partial charge in [0.05, 0.1) is 7.11 Å². The van der Waals surface area contributed by atoms with Crippen LogP contribution in [0.2, 0.25) is 0 Å². The Kier molecular flexibility index (Phi) is 3.97. The van der Waals surface area contributed by atoms with Gasteiger partial charge < -0.3 is 9.64 Å². The van der Waals surface area contributed by atoms with E-state index in [9.17, 15) is 4.79 Å². The molecule has 2 aliphatic heterocycles. The van der Waals surface area contributed by atoms with Gasteiger partial charge in [-0.3, -0.25) is 9.69 Å². The molecule has 3 fully saturated rings. The lowest BCUT2D eigenvalue weighted by Gasteiger charge is -2.40. The van der Waals surface area contributed by atoms with Gasteiger partial charge in [-0.2, -0.15) is 0 Å². The molecule has 2 atom stereocenters. The molecule has 124 valence electrons. The number of piperidine rings is 1. The smallest absolute Gasteiger partial charge is 0.222 e. The number of ether oxygens (including phenoxy) is 1. The molecule has 1 amide bonds. The first-order valence-corrected chi connectivity index (χ1v) is 8.77. The second kappa shape index (κ2) is 6.11. The third kappa shape index (κ3) is 2.94. The Balaban J connectivity index is 1.48. The van der Waals surface area contributed by atoms with E-state index in [4.69, 9.17) is 4.74 Å². The van der Waals surface area contributed by atoms with Crippen molar-refractivity contribution in [3.05, 3.63) is 23.9 Å². The molecule has 1 aromatic rings. The Morgan fingerprint density at radius 1 is 1.26 bits per heavy atom. The van der Waals surface area contributed by atoms with Crippen molar-refractivity contribution in [2.75, 3.05) is 20.2 Å². The standard InChI is InChI=1S/C18H25N3O2/c1-23-18-14(3-2-9-19-18)12-20-10-8-16-15(20)6-7-17(22)21(16)11-13-4-5-13/h2-3,9,13,15-16H,4-8,10-12H2,1H3/t15-,16-/m1/s1. The van der Waals surface area contributed by atoms with E-state index in [1.54, 1.807) is 13.3 Å². The number of methoxy groups -OCH3 is 1. The summed E-state index contributed by atoms with van der Waals surface area (Å²) in [6, 6.07) is 4.97. The van der Waals surface area contributed by atoms with Gasteiger partial charge in [-0.25, -0.2) is 4.98 Å². The number of likely N-dealkylation sites (tertiary alicyclic amines) is 2. The van der Waals surface area contributed by atoms with E-state index in [0.717, 1.165) is 49.8 Å². The van der Waals surface area contributed by atoms with Crippen molar-refractivity contribution in [2.24, 2.45) is 5.92 Å². The molecule has 3 heterocycles. The maximum absolute atomic E-state index is 12.3. The quantitative estimate of drug-likeness (QED) is 0.834. The molecule has 1 aromatic heterocycles. The number of rotatable bonds is 5. The number of carbonyl (C=O) groups is 1. The summed E-state index contributed by atoms with van der Waals surface area (Å²) >= 11 is 0. The summed E-state index contributed by atoms with van der Waals surface area (Å²) in [6.07, 6.45) is 7.18. The van der Waals surface area contributed by atoms with Crippen molar-refractivity contribution in [1.29, 1.82) is 0 Å². The van der Waals surface area contributed by atoms with E-state index in [0.29, 0.717) is 24.4 Å². The van der Waals surface area contributed by atoms with Crippen molar-refractivity contribution in [3.63, 3.8) is 0 Å². The van der Waals surface area contributed by atoms with Gasteiger partial charge in [-0.15, -0.1) is 0 Å². The largest absolute Gasteiger partial charge is 0.481 e. The average Bonchev–Trinajstić information content (AvgIpc) is 3.30. The SMILES string of the molecule is COc1ncccc1CN1CC[C@@H]2[C@H]1CCC(=O)N2CC1CC1. The summed E-state index contributed by atoms with van der Waals surface area (Å²) in [5, 5.41) is 0. The van der Waals surface area contributed by atoms with E-state index >= 15 is 0 Å². The van der Waals surface area contributed by atoms with Crippen molar-refractivity contribution in [1.82, 2.24) is 14.8 Å². The van der Waals surface area contributed by atoms with Gasteiger partial charge in [0.1, 0.15) is 0 Å². The van der Waals surface area contributed by atoms with Crippen molar-refractivity contribution in [3.8, 4) is 5.88 Å². The fraction of sp³-hybridized carbons (Fsp3) is 0.667. The summed E-state index contributed by atoms with van der Waals surface area (Å²) in [4.78, 5) is 21.4. The topological polar surface area (TPSA) is 45.7 Å². The second-order valence-electron chi connectivity index (χ2n) is 7.09. The lowest BCUT2D eigenvalue weighted by Crippen LogP contribution is -2.52. The maximum Gasteiger partial charge on any atom is 0.222 e. The van der Waals surface area contributed by atoms with Gasteiger partial charge in [0, 0.05) is 49.9 Å². The predicted molar refractivity (Wildman–Crippen MR) is 87.1 cm³/mol. The van der Waals surface area contributed by atoms with Crippen molar-refractivity contribution < 1.29 is 9.53 Å². The minimum Gasteiger partial charge on any atom is -0.481 e. The van der Waals surface area contributed by atoms with Crippen LogP contribution >= 0.6 is 0 Å². The van der Waals surface area contributed by atoms with Crippen LogP contribution in [0.4, 0.5) is 0 Å². The Labute approximate surface area is 137 Å². The van der Waals surface area contributed by atoms with E-state index in [2.05, 4.69) is 20.9 Å².